The average molecular weight is 435 g/mol. The normalized spacial score (nSPS) is 13.9. The molecule has 1 saturated heterocycles. The molecule has 0 spiro atoms. The fourth-order valence-electron chi connectivity index (χ4n) is 3.76. The third-order valence-electron chi connectivity index (χ3n) is 5.34. The summed E-state index contributed by atoms with van der Waals surface area (Å²) in [6.45, 7) is 1.52. The van der Waals surface area contributed by atoms with Gasteiger partial charge in [0.15, 0.2) is 0 Å². The average Bonchev–Trinajstić information content (AvgIpc) is 2.79. The Balaban J connectivity index is 1.48. The first-order valence-corrected chi connectivity index (χ1v) is 10.4. The van der Waals surface area contributed by atoms with Crippen LogP contribution in [0.25, 0.3) is 0 Å². The van der Waals surface area contributed by atoms with E-state index >= 15 is 0 Å². The molecule has 0 radical (unpaired) electrons. The predicted molar refractivity (Wildman–Crippen MR) is 119 cm³/mol. The molecule has 1 aliphatic rings. The summed E-state index contributed by atoms with van der Waals surface area (Å²) in [6, 6.07) is 18.9. The van der Waals surface area contributed by atoms with Crippen molar-refractivity contribution in [1.29, 1.82) is 0 Å². The van der Waals surface area contributed by atoms with E-state index in [2.05, 4.69) is 5.32 Å². The maximum absolute atomic E-state index is 13.2. The lowest BCUT2D eigenvalue weighted by atomic mass is 10.1. The Morgan fingerprint density at radius 3 is 2.16 bits per heavy atom. The second-order valence-corrected chi connectivity index (χ2v) is 7.70. The predicted octanol–water partition coefficient (Wildman–Crippen LogP) is 4.98. The summed E-state index contributed by atoms with van der Waals surface area (Å²) in [5.74, 6) is -0.921. The molecule has 164 valence electrons. The number of benzene rings is 3. The van der Waals surface area contributed by atoms with Crippen LogP contribution < -0.4 is 10.2 Å². The van der Waals surface area contributed by atoms with Crippen LogP contribution in [0.2, 0.25) is 0 Å². The number of rotatable bonds is 6. The minimum absolute atomic E-state index is 0.0965. The number of carbonyl (C=O) groups excluding carboxylic acids is 2. The van der Waals surface area contributed by atoms with Crippen molar-refractivity contribution >= 4 is 23.3 Å². The van der Waals surface area contributed by atoms with E-state index in [1.165, 1.54) is 24.3 Å². The van der Waals surface area contributed by atoms with Gasteiger partial charge >= 0.3 is 6.03 Å². The quantitative estimate of drug-likeness (QED) is 0.594. The molecule has 1 heterocycles. The van der Waals surface area contributed by atoms with Gasteiger partial charge in [0, 0.05) is 19.6 Å². The number of hydrogen-bond donors (Lipinski definition) is 1. The Hall–Kier alpha value is -3.74. The van der Waals surface area contributed by atoms with Gasteiger partial charge in [-0.25, -0.2) is 13.6 Å². The molecule has 5 nitrogen and oxygen atoms in total. The van der Waals surface area contributed by atoms with E-state index in [1.54, 1.807) is 52.3 Å². The summed E-state index contributed by atoms with van der Waals surface area (Å²) in [4.78, 5) is 29.1. The maximum Gasteiger partial charge on any atom is 0.324 e. The molecule has 0 bridgehead atoms. The van der Waals surface area contributed by atoms with Crippen LogP contribution in [0.4, 0.5) is 25.0 Å². The topological polar surface area (TPSA) is 52.7 Å². The Morgan fingerprint density at radius 2 is 1.47 bits per heavy atom. The monoisotopic (exact) mass is 435 g/mol. The lowest BCUT2D eigenvalue weighted by molar-refractivity contribution is -0.115. The van der Waals surface area contributed by atoms with E-state index in [1.807, 2.05) is 6.07 Å². The molecule has 3 amide bonds. The number of amides is 3. The number of nitrogens with one attached hydrogen (secondary N) is 1. The van der Waals surface area contributed by atoms with Crippen molar-refractivity contribution in [2.75, 3.05) is 23.3 Å². The van der Waals surface area contributed by atoms with Crippen LogP contribution in [0.1, 0.15) is 17.5 Å². The molecule has 0 atom stereocenters. The number of urea groups is 1. The van der Waals surface area contributed by atoms with E-state index in [4.69, 9.17) is 0 Å². The fourth-order valence-corrected chi connectivity index (χ4v) is 3.76. The van der Waals surface area contributed by atoms with Crippen molar-refractivity contribution in [3.63, 3.8) is 0 Å². The van der Waals surface area contributed by atoms with Crippen LogP contribution in [-0.4, -0.2) is 29.9 Å². The standard InChI is InChI=1S/C25H23F2N3O2/c26-20-10-6-18(7-11-20)16-24(31)28-22-4-1-2-5-23(22)30-15-3-14-29(25(30)32)17-19-8-12-21(27)13-9-19/h1-2,4-13H,3,14-17H2,(H,28,31). The molecule has 0 aromatic heterocycles. The second kappa shape index (κ2) is 9.60. The SMILES string of the molecule is O=C(Cc1ccc(F)cc1)Nc1ccccc1N1CCCN(Cc2ccc(F)cc2)C1=O. The highest BCUT2D eigenvalue weighted by atomic mass is 19.1. The number of halogens is 2. The van der Waals surface area contributed by atoms with E-state index in [0.717, 1.165) is 12.0 Å². The molecule has 3 aromatic carbocycles. The number of anilines is 2. The molecule has 32 heavy (non-hydrogen) atoms. The molecule has 0 saturated carbocycles. The molecule has 0 aliphatic carbocycles. The van der Waals surface area contributed by atoms with Gasteiger partial charge in [-0.1, -0.05) is 36.4 Å². The van der Waals surface area contributed by atoms with Crippen LogP contribution >= 0.6 is 0 Å². The molecule has 1 N–H and O–H groups in total. The second-order valence-electron chi connectivity index (χ2n) is 7.70. The van der Waals surface area contributed by atoms with Crippen molar-refractivity contribution in [2.45, 2.75) is 19.4 Å². The summed E-state index contributed by atoms with van der Waals surface area (Å²) >= 11 is 0. The van der Waals surface area contributed by atoms with Crippen molar-refractivity contribution in [3.8, 4) is 0 Å². The zero-order valence-electron chi connectivity index (χ0n) is 17.4. The number of para-hydroxylation sites is 2. The minimum atomic E-state index is -0.353. The first kappa shape index (κ1) is 21.5. The van der Waals surface area contributed by atoms with Gasteiger partial charge in [0.2, 0.25) is 5.91 Å². The summed E-state index contributed by atoms with van der Waals surface area (Å²) in [6.07, 6.45) is 0.865. The van der Waals surface area contributed by atoms with Gasteiger partial charge in [-0.3, -0.25) is 9.69 Å². The van der Waals surface area contributed by atoms with Crippen LogP contribution in [-0.2, 0) is 17.8 Å². The van der Waals surface area contributed by atoms with E-state index in [0.29, 0.717) is 36.6 Å². The first-order chi connectivity index (χ1) is 15.5. The Bertz CT molecular complexity index is 1100. The van der Waals surface area contributed by atoms with Gasteiger partial charge < -0.3 is 10.2 Å². The molecule has 1 fully saturated rings. The summed E-state index contributed by atoms with van der Waals surface area (Å²) in [5, 5.41) is 2.88. The zero-order valence-corrected chi connectivity index (χ0v) is 17.4. The highest BCUT2D eigenvalue weighted by molar-refractivity contribution is 6.01. The van der Waals surface area contributed by atoms with Gasteiger partial charge in [-0.2, -0.15) is 0 Å². The van der Waals surface area contributed by atoms with Gasteiger partial charge in [0.1, 0.15) is 11.6 Å². The van der Waals surface area contributed by atoms with E-state index < -0.39 is 0 Å². The number of nitrogens with zero attached hydrogens (tertiary/aromatic N) is 2. The Labute approximate surface area is 185 Å². The highest BCUT2D eigenvalue weighted by Crippen LogP contribution is 2.29. The van der Waals surface area contributed by atoms with Crippen molar-refractivity contribution in [1.82, 2.24) is 4.90 Å². The molecule has 1 aliphatic heterocycles. The lowest BCUT2D eigenvalue weighted by Crippen LogP contribution is -2.49. The molecular weight excluding hydrogens is 412 g/mol. The summed E-state index contributed by atoms with van der Waals surface area (Å²) in [7, 11) is 0. The summed E-state index contributed by atoms with van der Waals surface area (Å²) in [5.41, 5.74) is 2.70. The molecule has 7 heteroatoms. The third kappa shape index (κ3) is 5.11. The molecule has 3 aromatic rings. The fraction of sp³-hybridized carbons (Fsp3) is 0.200. The molecule has 4 rings (SSSR count). The zero-order chi connectivity index (χ0) is 22.5. The van der Waals surface area contributed by atoms with Gasteiger partial charge in [-0.15, -0.1) is 0 Å². The van der Waals surface area contributed by atoms with Gasteiger partial charge in [0.25, 0.3) is 0 Å². The Morgan fingerprint density at radius 1 is 0.844 bits per heavy atom. The lowest BCUT2D eigenvalue weighted by Gasteiger charge is -2.36. The van der Waals surface area contributed by atoms with E-state index in [-0.39, 0.29) is 30.0 Å². The number of hydrogen-bond acceptors (Lipinski definition) is 2. The Kier molecular flexibility index (Phi) is 6.44. The van der Waals surface area contributed by atoms with Crippen molar-refractivity contribution < 1.29 is 18.4 Å². The van der Waals surface area contributed by atoms with Crippen molar-refractivity contribution in [2.24, 2.45) is 0 Å². The highest BCUT2D eigenvalue weighted by Gasteiger charge is 2.28. The van der Waals surface area contributed by atoms with Crippen LogP contribution in [0.5, 0.6) is 0 Å². The molecule has 0 unspecified atom stereocenters. The molecular formula is C25H23F2N3O2. The minimum Gasteiger partial charge on any atom is -0.324 e. The van der Waals surface area contributed by atoms with Crippen LogP contribution in [0.3, 0.4) is 0 Å². The van der Waals surface area contributed by atoms with E-state index in [9.17, 15) is 18.4 Å². The third-order valence-corrected chi connectivity index (χ3v) is 5.34. The first-order valence-electron chi connectivity index (χ1n) is 10.4. The maximum atomic E-state index is 13.2. The summed E-state index contributed by atoms with van der Waals surface area (Å²) < 4.78 is 26.3. The van der Waals surface area contributed by atoms with Crippen molar-refractivity contribution in [3.05, 3.63) is 95.6 Å². The van der Waals surface area contributed by atoms with Gasteiger partial charge in [0.05, 0.1) is 17.8 Å². The smallest absolute Gasteiger partial charge is 0.324 e. The van der Waals surface area contributed by atoms with Crippen LogP contribution in [0.15, 0.2) is 72.8 Å². The number of carbonyl (C=O) groups is 2. The largest absolute Gasteiger partial charge is 0.324 e. The van der Waals surface area contributed by atoms with Gasteiger partial charge in [-0.05, 0) is 53.9 Å². The van der Waals surface area contributed by atoms with Crippen LogP contribution in [0, 0.1) is 11.6 Å².